The minimum Gasteiger partial charge on any atom is -0.422 e. The highest BCUT2D eigenvalue weighted by atomic mass is 79.9. The van der Waals surface area contributed by atoms with E-state index in [1.807, 2.05) is 56.3 Å². The molecular weight excluding hydrogens is 530 g/mol. The van der Waals surface area contributed by atoms with Crippen LogP contribution in [0.25, 0.3) is 22.3 Å². The summed E-state index contributed by atoms with van der Waals surface area (Å²) in [6, 6.07) is 27.3. The summed E-state index contributed by atoms with van der Waals surface area (Å²) in [5, 5.41) is 4.98. The maximum Gasteiger partial charge on any atom is 0.343 e. The quantitative estimate of drug-likeness (QED) is 0.141. The fourth-order valence-electron chi connectivity index (χ4n) is 3.88. The molecule has 0 radical (unpaired) electrons. The largest absolute Gasteiger partial charge is 0.422 e. The van der Waals surface area contributed by atoms with Crippen LogP contribution in [0.4, 0.5) is 0 Å². The third-order valence-corrected chi connectivity index (χ3v) is 6.30. The van der Waals surface area contributed by atoms with E-state index in [-0.39, 0.29) is 5.56 Å². The lowest BCUT2D eigenvalue weighted by atomic mass is 10.1. The summed E-state index contributed by atoms with van der Waals surface area (Å²) >= 11 is 3.47. The Labute approximate surface area is 222 Å². The Morgan fingerprint density at radius 3 is 2.49 bits per heavy atom. The number of halogens is 1. The van der Waals surface area contributed by atoms with Crippen LogP contribution in [0.3, 0.4) is 0 Å². The fraction of sp³-hybridized carbons (Fsp3) is 0.0667. The van der Waals surface area contributed by atoms with Crippen molar-refractivity contribution in [3.05, 3.63) is 128 Å². The van der Waals surface area contributed by atoms with Gasteiger partial charge in [0.2, 0.25) is 0 Å². The number of ether oxygens (including phenoxy) is 1. The van der Waals surface area contributed by atoms with Crippen molar-refractivity contribution < 1.29 is 9.53 Å². The lowest BCUT2D eigenvalue weighted by molar-refractivity contribution is 0.0734. The predicted molar refractivity (Wildman–Crippen MR) is 149 cm³/mol. The highest BCUT2D eigenvalue weighted by Gasteiger charge is 2.14. The Balaban J connectivity index is 1.59. The van der Waals surface area contributed by atoms with Gasteiger partial charge in [0.25, 0.3) is 5.56 Å². The summed E-state index contributed by atoms with van der Waals surface area (Å²) in [5.41, 5.74) is 4.06. The van der Waals surface area contributed by atoms with Gasteiger partial charge in [0.1, 0.15) is 5.75 Å². The zero-order valence-corrected chi connectivity index (χ0v) is 21.8. The Morgan fingerprint density at radius 2 is 1.70 bits per heavy atom. The predicted octanol–water partition coefficient (Wildman–Crippen LogP) is 6.54. The van der Waals surface area contributed by atoms with Crippen LogP contribution in [0.1, 0.15) is 27.0 Å². The molecule has 0 aliphatic heterocycles. The number of carbonyl (C=O) groups excluding carboxylic acids is 1. The molecular formula is C30H22BrN3O3. The third-order valence-electron chi connectivity index (χ3n) is 5.80. The summed E-state index contributed by atoms with van der Waals surface area (Å²) in [6.07, 6.45) is 1.50. The monoisotopic (exact) mass is 551 g/mol. The molecule has 4 aromatic carbocycles. The number of rotatable bonds is 5. The van der Waals surface area contributed by atoms with Crippen LogP contribution in [-0.4, -0.2) is 21.8 Å². The molecule has 0 saturated heterocycles. The van der Waals surface area contributed by atoms with Gasteiger partial charge in [-0.2, -0.15) is 9.78 Å². The fourth-order valence-corrected chi connectivity index (χ4v) is 4.26. The van der Waals surface area contributed by atoms with E-state index in [0.29, 0.717) is 33.6 Å². The highest BCUT2D eigenvalue weighted by molar-refractivity contribution is 9.10. The first kappa shape index (κ1) is 24.3. The lowest BCUT2D eigenvalue weighted by Crippen LogP contribution is -2.20. The van der Waals surface area contributed by atoms with Crippen molar-refractivity contribution in [1.82, 2.24) is 9.66 Å². The molecule has 0 amide bonds. The van der Waals surface area contributed by atoms with E-state index >= 15 is 0 Å². The van der Waals surface area contributed by atoms with Crippen LogP contribution in [0.5, 0.6) is 5.75 Å². The van der Waals surface area contributed by atoms with E-state index in [1.54, 1.807) is 48.5 Å². The van der Waals surface area contributed by atoms with Crippen molar-refractivity contribution in [1.29, 1.82) is 0 Å². The van der Waals surface area contributed by atoms with Gasteiger partial charge < -0.3 is 4.74 Å². The van der Waals surface area contributed by atoms with Gasteiger partial charge in [0.15, 0.2) is 5.82 Å². The normalized spacial score (nSPS) is 11.2. The van der Waals surface area contributed by atoms with Gasteiger partial charge in [-0.05, 0) is 56.3 Å². The van der Waals surface area contributed by atoms with Crippen molar-refractivity contribution in [2.75, 3.05) is 0 Å². The van der Waals surface area contributed by atoms with Crippen LogP contribution in [0.15, 0.2) is 105 Å². The second-order valence-electron chi connectivity index (χ2n) is 8.62. The van der Waals surface area contributed by atoms with Crippen LogP contribution in [0, 0.1) is 13.8 Å². The molecule has 7 heteroatoms. The van der Waals surface area contributed by atoms with Gasteiger partial charge in [0.05, 0.1) is 22.7 Å². The zero-order valence-electron chi connectivity index (χ0n) is 20.2. The molecule has 5 aromatic rings. The summed E-state index contributed by atoms with van der Waals surface area (Å²) < 4.78 is 7.75. The first-order chi connectivity index (χ1) is 17.9. The molecule has 0 spiro atoms. The van der Waals surface area contributed by atoms with Gasteiger partial charge >= 0.3 is 5.97 Å². The second kappa shape index (κ2) is 10.3. The number of fused-ring (bicyclic) bond motifs is 1. The molecule has 0 unspecified atom stereocenters. The SMILES string of the molecule is Cc1ccc(-c2nc3ccccc3c(=O)n2N=Cc2cc(Br)ccc2OC(=O)c2cccc(C)c2)cc1. The number of hydrogen-bond acceptors (Lipinski definition) is 5. The van der Waals surface area contributed by atoms with Crippen LogP contribution in [-0.2, 0) is 0 Å². The molecule has 0 N–H and O–H groups in total. The lowest BCUT2D eigenvalue weighted by Gasteiger charge is -2.11. The summed E-state index contributed by atoms with van der Waals surface area (Å²) in [6.45, 7) is 3.91. The number of benzene rings is 4. The second-order valence-corrected chi connectivity index (χ2v) is 9.54. The molecule has 0 bridgehead atoms. The number of nitrogens with zero attached hydrogens (tertiary/aromatic N) is 3. The van der Waals surface area contributed by atoms with E-state index in [4.69, 9.17) is 9.72 Å². The van der Waals surface area contributed by atoms with Crippen molar-refractivity contribution in [3.8, 4) is 17.1 Å². The summed E-state index contributed by atoms with van der Waals surface area (Å²) in [7, 11) is 0. The number of esters is 1. The van der Waals surface area contributed by atoms with Gasteiger partial charge in [-0.25, -0.2) is 9.78 Å². The Morgan fingerprint density at radius 1 is 0.919 bits per heavy atom. The van der Waals surface area contributed by atoms with Gasteiger partial charge in [-0.1, -0.05) is 75.6 Å². The maximum atomic E-state index is 13.5. The number of aromatic nitrogens is 2. The van der Waals surface area contributed by atoms with Gasteiger partial charge in [-0.3, -0.25) is 4.79 Å². The number of hydrogen-bond donors (Lipinski definition) is 0. The standard InChI is InChI=1S/C30H22BrN3O3/c1-19-10-12-21(13-11-19)28-33-26-9-4-3-8-25(26)29(35)34(28)32-18-23-17-24(31)14-15-27(23)37-30(36)22-7-5-6-20(2)16-22/h3-18H,1-2H3. The number of para-hydroxylation sites is 1. The molecule has 0 fully saturated rings. The van der Waals surface area contributed by atoms with Crippen molar-refractivity contribution in [2.45, 2.75) is 13.8 Å². The molecule has 0 aliphatic rings. The van der Waals surface area contributed by atoms with Crippen LogP contribution >= 0.6 is 15.9 Å². The highest BCUT2D eigenvalue weighted by Crippen LogP contribution is 2.24. The molecule has 6 nitrogen and oxygen atoms in total. The first-order valence-corrected chi connectivity index (χ1v) is 12.4. The Bertz CT molecular complexity index is 1720. The van der Waals surface area contributed by atoms with Crippen LogP contribution in [0.2, 0.25) is 0 Å². The summed E-state index contributed by atoms with van der Waals surface area (Å²) in [4.78, 5) is 31.0. The number of carbonyl (C=O) groups is 1. The van der Waals surface area contributed by atoms with Crippen molar-refractivity contribution in [3.63, 3.8) is 0 Å². The zero-order chi connectivity index (χ0) is 25.9. The van der Waals surface area contributed by atoms with E-state index in [9.17, 15) is 9.59 Å². The maximum absolute atomic E-state index is 13.5. The minimum atomic E-state index is -0.481. The average Bonchev–Trinajstić information content (AvgIpc) is 2.90. The smallest absolute Gasteiger partial charge is 0.343 e. The Kier molecular flexibility index (Phi) is 6.79. The van der Waals surface area contributed by atoms with Crippen molar-refractivity contribution >= 4 is 39.0 Å². The average molecular weight is 552 g/mol. The van der Waals surface area contributed by atoms with E-state index in [2.05, 4.69) is 21.0 Å². The topological polar surface area (TPSA) is 73.6 Å². The molecule has 0 aliphatic carbocycles. The van der Waals surface area contributed by atoms with Crippen LogP contribution < -0.4 is 10.3 Å². The molecule has 0 atom stereocenters. The van der Waals surface area contributed by atoms with Crippen molar-refractivity contribution in [2.24, 2.45) is 5.10 Å². The van der Waals surface area contributed by atoms with E-state index in [1.165, 1.54) is 10.9 Å². The van der Waals surface area contributed by atoms with Gasteiger partial charge in [0, 0.05) is 15.6 Å². The Hall–Kier alpha value is -4.36. The number of aryl methyl sites for hydroxylation is 2. The van der Waals surface area contributed by atoms with Gasteiger partial charge in [-0.15, -0.1) is 0 Å². The van der Waals surface area contributed by atoms with E-state index < -0.39 is 5.97 Å². The van der Waals surface area contributed by atoms with E-state index in [0.717, 1.165) is 21.2 Å². The molecule has 37 heavy (non-hydrogen) atoms. The molecule has 0 saturated carbocycles. The molecule has 1 aromatic heterocycles. The molecule has 1 heterocycles. The minimum absolute atomic E-state index is 0.300. The summed E-state index contributed by atoms with van der Waals surface area (Å²) in [5.74, 6) is 0.246. The molecule has 182 valence electrons. The molecule has 5 rings (SSSR count). The third kappa shape index (κ3) is 5.27. The first-order valence-electron chi connectivity index (χ1n) is 11.6.